The Kier molecular flexibility index (Phi) is 5.49. The summed E-state index contributed by atoms with van der Waals surface area (Å²) in [5.41, 5.74) is 10.4. The molecule has 0 aliphatic rings. The zero-order valence-corrected chi connectivity index (χ0v) is 17.3. The Morgan fingerprint density at radius 2 is 1.73 bits per heavy atom. The quantitative estimate of drug-likeness (QED) is 0.372. The lowest BCUT2D eigenvalue weighted by molar-refractivity contribution is 0.275. The molecular formula is C22H26N8. The normalized spacial score (nSPS) is 13.3. The van der Waals surface area contributed by atoms with Gasteiger partial charge in [0, 0.05) is 11.7 Å². The van der Waals surface area contributed by atoms with E-state index in [2.05, 4.69) is 76.2 Å². The summed E-state index contributed by atoms with van der Waals surface area (Å²) in [6.07, 6.45) is 0. The summed E-state index contributed by atoms with van der Waals surface area (Å²) < 4.78 is 0. The first kappa shape index (κ1) is 19.7. The smallest absolute Gasteiger partial charge is 0.156 e. The van der Waals surface area contributed by atoms with E-state index in [-0.39, 0.29) is 12.1 Å². The minimum absolute atomic E-state index is 0.123. The average molecular weight is 403 g/mol. The van der Waals surface area contributed by atoms with Crippen molar-refractivity contribution in [3.63, 3.8) is 0 Å². The predicted molar refractivity (Wildman–Crippen MR) is 122 cm³/mol. The van der Waals surface area contributed by atoms with Gasteiger partial charge in [0.25, 0.3) is 0 Å². The third kappa shape index (κ3) is 4.18. The van der Waals surface area contributed by atoms with Crippen LogP contribution in [0.15, 0.2) is 60.7 Å². The van der Waals surface area contributed by atoms with E-state index in [1.54, 1.807) is 0 Å². The zero-order valence-electron chi connectivity index (χ0n) is 17.3. The van der Waals surface area contributed by atoms with Gasteiger partial charge < -0.3 is 21.3 Å². The van der Waals surface area contributed by atoms with Crippen LogP contribution < -0.4 is 16.4 Å². The van der Waals surface area contributed by atoms with Crippen LogP contribution in [0.1, 0.15) is 18.5 Å². The summed E-state index contributed by atoms with van der Waals surface area (Å²) in [7, 11) is 4.17. The Bertz CT molecular complexity index is 1120. The molecule has 30 heavy (non-hydrogen) atoms. The summed E-state index contributed by atoms with van der Waals surface area (Å²) in [4.78, 5) is 6.91. The van der Waals surface area contributed by atoms with E-state index in [0.717, 1.165) is 22.5 Å². The highest BCUT2D eigenvalue weighted by molar-refractivity contribution is 5.80. The van der Waals surface area contributed by atoms with Gasteiger partial charge in [-0.2, -0.15) is 15.4 Å². The molecule has 8 nitrogen and oxygen atoms in total. The monoisotopic (exact) mass is 402 g/mol. The summed E-state index contributed by atoms with van der Waals surface area (Å²) in [5.74, 6) is 1.35. The molecular weight excluding hydrogens is 376 g/mol. The molecule has 0 radical (unpaired) electrons. The molecule has 154 valence electrons. The van der Waals surface area contributed by atoms with E-state index in [1.165, 1.54) is 5.56 Å². The van der Waals surface area contributed by atoms with Crippen molar-refractivity contribution < 1.29 is 0 Å². The van der Waals surface area contributed by atoms with Crippen LogP contribution in [0.5, 0.6) is 0 Å². The van der Waals surface area contributed by atoms with Gasteiger partial charge in [0.05, 0.1) is 11.7 Å². The number of H-pyrrole nitrogens is 1. The molecule has 2 aromatic heterocycles. The molecule has 0 fully saturated rings. The number of nitrogens with one attached hydrogen (secondary N) is 3. The molecule has 2 aromatic carbocycles. The fourth-order valence-corrected chi connectivity index (χ4v) is 3.70. The van der Waals surface area contributed by atoms with E-state index in [0.29, 0.717) is 11.5 Å². The van der Waals surface area contributed by atoms with Crippen molar-refractivity contribution in [2.75, 3.05) is 30.5 Å². The summed E-state index contributed by atoms with van der Waals surface area (Å²) in [6.45, 7) is 2.15. The van der Waals surface area contributed by atoms with Crippen molar-refractivity contribution in [1.29, 1.82) is 0 Å². The van der Waals surface area contributed by atoms with Crippen LogP contribution in [0, 0.1) is 0 Å². The number of benzene rings is 2. The molecule has 5 N–H and O–H groups in total. The third-order valence-corrected chi connectivity index (χ3v) is 5.05. The second-order valence-corrected chi connectivity index (χ2v) is 7.54. The first-order chi connectivity index (χ1) is 14.5. The number of aromatic amines is 1. The zero-order chi connectivity index (χ0) is 21.1. The Morgan fingerprint density at radius 1 is 0.967 bits per heavy atom. The molecule has 8 heteroatoms. The minimum atomic E-state index is 0.123. The first-order valence-electron chi connectivity index (χ1n) is 9.83. The van der Waals surface area contributed by atoms with Crippen molar-refractivity contribution >= 4 is 34.0 Å². The fourth-order valence-electron chi connectivity index (χ4n) is 3.70. The van der Waals surface area contributed by atoms with Crippen molar-refractivity contribution in [3.8, 4) is 0 Å². The van der Waals surface area contributed by atoms with Gasteiger partial charge in [-0.25, -0.2) is 4.98 Å². The Labute approximate surface area is 175 Å². The van der Waals surface area contributed by atoms with Crippen LogP contribution in [0.3, 0.4) is 0 Å². The number of pyridine rings is 1. The number of fused-ring (bicyclic) bond motifs is 1. The van der Waals surface area contributed by atoms with Crippen molar-refractivity contribution in [2.24, 2.45) is 0 Å². The molecule has 4 rings (SSSR count). The number of hydrogen-bond donors (Lipinski definition) is 4. The number of nitrogen functional groups attached to an aromatic ring is 1. The number of aromatic nitrogens is 4. The number of nitrogens with two attached hydrogens (primary N) is 1. The third-order valence-electron chi connectivity index (χ3n) is 5.05. The van der Waals surface area contributed by atoms with Gasteiger partial charge in [0.2, 0.25) is 0 Å². The van der Waals surface area contributed by atoms with Gasteiger partial charge in [-0.1, -0.05) is 30.3 Å². The fraction of sp³-hybridized carbons (Fsp3) is 0.227. The molecule has 0 aliphatic carbocycles. The molecule has 2 heterocycles. The lowest BCUT2D eigenvalue weighted by atomic mass is 9.99. The standard InChI is InChI=1S/C22H26N8/c1-14(21(30(2)3)15-7-5-4-6-8-15)24-20-12-10-17(23)22(26-20)25-16-9-11-18-19(13-16)28-29-27-18/h4-14,21H,23H2,1-3H3,(H2,24,25,26)(H,27,28,29)/t14-,21-/m1/s1. The molecule has 0 unspecified atom stereocenters. The van der Waals surface area contributed by atoms with Crippen LogP contribution in [0.4, 0.5) is 23.0 Å². The van der Waals surface area contributed by atoms with Crippen molar-refractivity contribution in [2.45, 2.75) is 19.0 Å². The van der Waals surface area contributed by atoms with E-state index < -0.39 is 0 Å². The van der Waals surface area contributed by atoms with E-state index in [4.69, 9.17) is 10.7 Å². The van der Waals surface area contributed by atoms with Gasteiger partial charge in [-0.3, -0.25) is 0 Å². The largest absolute Gasteiger partial charge is 0.396 e. The maximum Gasteiger partial charge on any atom is 0.156 e. The topological polar surface area (TPSA) is 108 Å². The van der Waals surface area contributed by atoms with E-state index >= 15 is 0 Å². The Hall–Kier alpha value is -3.65. The van der Waals surface area contributed by atoms with Crippen LogP contribution >= 0.6 is 0 Å². The van der Waals surface area contributed by atoms with Gasteiger partial charge in [-0.15, -0.1) is 0 Å². The number of likely N-dealkylation sites (N-methyl/N-ethyl adjacent to an activating group) is 1. The molecule has 0 spiro atoms. The predicted octanol–water partition coefficient (Wildman–Crippen LogP) is 3.78. The number of hydrogen-bond acceptors (Lipinski definition) is 7. The lowest BCUT2D eigenvalue weighted by Gasteiger charge is -2.31. The molecule has 0 aliphatic heterocycles. The second-order valence-electron chi connectivity index (χ2n) is 7.54. The van der Waals surface area contributed by atoms with Crippen molar-refractivity contribution in [1.82, 2.24) is 25.3 Å². The molecule has 0 saturated carbocycles. The maximum atomic E-state index is 6.16. The Balaban J connectivity index is 1.54. The maximum absolute atomic E-state index is 6.16. The highest BCUT2D eigenvalue weighted by Gasteiger charge is 2.22. The first-order valence-corrected chi connectivity index (χ1v) is 9.83. The molecule has 0 saturated heterocycles. The van der Waals surface area contributed by atoms with Crippen LogP contribution in [-0.4, -0.2) is 45.4 Å². The molecule has 0 bridgehead atoms. The van der Waals surface area contributed by atoms with Gasteiger partial charge in [-0.05, 0) is 56.9 Å². The molecule has 4 aromatic rings. The van der Waals surface area contributed by atoms with Crippen LogP contribution in [0.2, 0.25) is 0 Å². The van der Waals surface area contributed by atoms with Crippen LogP contribution in [0.25, 0.3) is 11.0 Å². The second kappa shape index (κ2) is 8.38. The molecule has 2 atom stereocenters. The lowest BCUT2D eigenvalue weighted by Crippen LogP contribution is -2.34. The minimum Gasteiger partial charge on any atom is -0.396 e. The van der Waals surface area contributed by atoms with Crippen LogP contribution in [-0.2, 0) is 0 Å². The summed E-state index contributed by atoms with van der Waals surface area (Å²) in [5, 5.41) is 17.6. The highest BCUT2D eigenvalue weighted by Crippen LogP contribution is 2.27. The van der Waals surface area contributed by atoms with Gasteiger partial charge >= 0.3 is 0 Å². The van der Waals surface area contributed by atoms with Gasteiger partial charge in [0.1, 0.15) is 16.9 Å². The van der Waals surface area contributed by atoms with Gasteiger partial charge in [0.15, 0.2) is 5.82 Å². The number of nitrogens with zero attached hydrogens (tertiary/aromatic N) is 4. The molecule has 0 amide bonds. The Morgan fingerprint density at radius 3 is 2.50 bits per heavy atom. The van der Waals surface area contributed by atoms with Crippen molar-refractivity contribution in [3.05, 3.63) is 66.2 Å². The SMILES string of the molecule is C[C@@H](Nc1ccc(N)c(Nc2ccc3n[nH]nc3c2)n1)[C@H](c1ccccc1)N(C)C. The van der Waals surface area contributed by atoms with E-state index in [9.17, 15) is 0 Å². The van der Waals surface area contributed by atoms with E-state index in [1.807, 2.05) is 36.4 Å². The summed E-state index contributed by atoms with van der Waals surface area (Å²) in [6, 6.07) is 20.2. The highest BCUT2D eigenvalue weighted by atomic mass is 15.3. The number of rotatable bonds is 7. The summed E-state index contributed by atoms with van der Waals surface area (Å²) >= 11 is 0. The average Bonchev–Trinajstić information content (AvgIpc) is 3.19. The number of anilines is 4.